The highest BCUT2D eigenvalue weighted by atomic mass is 16.6. The van der Waals surface area contributed by atoms with Gasteiger partial charge in [-0.05, 0) is 24.3 Å². The van der Waals surface area contributed by atoms with Crippen LogP contribution < -0.4 is 0 Å². The Hall–Kier alpha value is -2.02. The summed E-state index contributed by atoms with van der Waals surface area (Å²) >= 11 is 0. The van der Waals surface area contributed by atoms with Crippen LogP contribution >= 0.6 is 0 Å². The first-order valence-corrected chi connectivity index (χ1v) is 7.44. The summed E-state index contributed by atoms with van der Waals surface area (Å²) in [6.45, 7) is 5.64. The lowest BCUT2D eigenvalue weighted by atomic mass is 9.71. The van der Waals surface area contributed by atoms with Crippen LogP contribution in [0.1, 0.15) is 32.3 Å². The predicted molar refractivity (Wildman–Crippen MR) is 80.3 cm³/mol. The summed E-state index contributed by atoms with van der Waals surface area (Å²) < 4.78 is 5.33. The quantitative estimate of drug-likeness (QED) is 0.853. The Balaban J connectivity index is 1.85. The van der Waals surface area contributed by atoms with E-state index in [-0.39, 0.29) is 11.5 Å². The molecule has 0 saturated carbocycles. The first kappa shape index (κ1) is 15.4. The van der Waals surface area contributed by atoms with Crippen molar-refractivity contribution in [3.8, 4) is 6.07 Å². The van der Waals surface area contributed by atoms with Gasteiger partial charge in [-0.3, -0.25) is 0 Å². The van der Waals surface area contributed by atoms with E-state index in [1.165, 1.54) is 0 Å². The second-order valence-corrected chi connectivity index (χ2v) is 5.95. The van der Waals surface area contributed by atoms with Crippen molar-refractivity contribution in [2.75, 3.05) is 13.1 Å². The summed E-state index contributed by atoms with van der Waals surface area (Å²) in [6, 6.07) is 12.1. The van der Waals surface area contributed by atoms with Crippen LogP contribution in [0.3, 0.4) is 0 Å². The summed E-state index contributed by atoms with van der Waals surface area (Å²) in [4.78, 5) is 13.8. The van der Waals surface area contributed by atoms with Crippen molar-refractivity contribution in [2.45, 2.75) is 33.3 Å². The molecule has 1 fully saturated rings. The van der Waals surface area contributed by atoms with Gasteiger partial charge in [0.1, 0.15) is 6.61 Å². The van der Waals surface area contributed by atoms with Crippen molar-refractivity contribution in [3.05, 3.63) is 35.9 Å². The van der Waals surface area contributed by atoms with Gasteiger partial charge in [0, 0.05) is 13.1 Å². The van der Waals surface area contributed by atoms with Gasteiger partial charge in [-0.2, -0.15) is 5.26 Å². The van der Waals surface area contributed by atoms with E-state index in [9.17, 15) is 10.1 Å². The zero-order chi connectivity index (χ0) is 15.3. The molecule has 0 radical (unpaired) electrons. The van der Waals surface area contributed by atoms with Crippen LogP contribution in [0, 0.1) is 22.7 Å². The molecule has 1 saturated heterocycles. The molecule has 4 heteroatoms. The fourth-order valence-electron chi connectivity index (χ4n) is 2.72. The van der Waals surface area contributed by atoms with Crippen LogP contribution in [0.2, 0.25) is 0 Å². The smallest absolute Gasteiger partial charge is 0.410 e. The van der Waals surface area contributed by atoms with Crippen LogP contribution in [0.4, 0.5) is 4.79 Å². The van der Waals surface area contributed by atoms with Crippen LogP contribution in [0.25, 0.3) is 0 Å². The van der Waals surface area contributed by atoms with Gasteiger partial charge in [0.25, 0.3) is 0 Å². The molecule has 1 aliphatic heterocycles. The highest BCUT2D eigenvalue weighted by Gasteiger charge is 2.39. The molecule has 0 unspecified atom stereocenters. The van der Waals surface area contributed by atoms with Crippen molar-refractivity contribution in [1.82, 2.24) is 4.90 Å². The molecule has 1 aliphatic rings. The number of carbonyl (C=O) groups excluding carboxylic acids is 1. The van der Waals surface area contributed by atoms with Gasteiger partial charge in [-0.25, -0.2) is 4.79 Å². The molecule has 1 amide bonds. The van der Waals surface area contributed by atoms with Crippen molar-refractivity contribution < 1.29 is 9.53 Å². The van der Waals surface area contributed by atoms with Crippen LogP contribution in [0.15, 0.2) is 30.3 Å². The lowest BCUT2D eigenvalue weighted by Crippen LogP contribution is -2.44. The molecule has 21 heavy (non-hydrogen) atoms. The lowest BCUT2D eigenvalue weighted by molar-refractivity contribution is 0.0635. The Morgan fingerprint density at radius 2 is 1.95 bits per heavy atom. The highest BCUT2D eigenvalue weighted by Crippen LogP contribution is 2.38. The molecular weight excluding hydrogens is 264 g/mol. The van der Waals surface area contributed by atoms with E-state index in [2.05, 4.69) is 19.9 Å². The van der Waals surface area contributed by atoms with Gasteiger partial charge >= 0.3 is 6.09 Å². The largest absolute Gasteiger partial charge is 0.445 e. The average Bonchev–Trinajstić information content (AvgIpc) is 2.53. The topological polar surface area (TPSA) is 53.3 Å². The minimum Gasteiger partial charge on any atom is -0.445 e. The Morgan fingerprint density at radius 3 is 2.48 bits per heavy atom. The van der Waals surface area contributed by atoms with Crippen molar-refractivity contribution >= 4 is 6.09 Å². The molecule has 1 aromatic carbocycles. The van der Waals surface area contributed by atoms with Crippen LogP contribution in [0.5, 0.6) is 0 Å². The first-order valence-electron chi connectivity index (χ1n) is 7.44. The standard InChI is InChI=1S/C17H22N2O2/c1-14(2)17(13-18)8-10-19(11-9-17)16(20)21-12-15-6-4-3-5-7-15/h3-7,14H,8-12H2,1-2H3. The number of carbonyl (C=O) groups is 1. The normalized spacial score (nSPS) is 17.3. The molecule has 112 valence electrons. The maximum atomic E-state index is 12.1. The van der Waals surface area contributed by atoms with Gasteiger partial charge in [0.05, 0.1) is 11.5 Å². The zero-order valence-electron chi connectivity index (χ0n) is 12.7. The van der Waals surface area contributed by atoms with Gasteiger partial charge in [-0.15, -0.1) is 0 Å². The van der Waals surface area contributed by atoms with Gasteiger partial charge in [-0.1, -0.05) is 44.2 Å². The molecule has 0 bridgehead atoms. The van der Waals surface area contributed by atoms with Crippen molar-refractivity contribution in [1.29, 1.82) is 5.26 Å². The third-order valence-electron chi connectivity index (χ3n) is 4.45. The molecule has 0 aromatic heterocycles. The maximum absolute atomic E-state index is 12.1. The van der Waals surface area contributed by atoms with E-state index in [1.807, 2.05) is 30.3 Å². The number of amides is 1. The third-order valence-corrected chi connectivity index (χ3v) is 4.45. The van der Waals surface area contributed by atoms with E-state index in [4.69, 9.17) is 4.74 Å². The van der Waals surface area contributed by atoms with E-state index in [1.54, 1.807) is 4.90 Å². The minimum absolute atomic E-state index is 0.283. The number of likely N-dealkylation sites (tertiary alicyclic amines) is 1. The molecule has 1 heterocycles. The Labute approximate surface area is 126 Å². The molecule has 0 aliphatic carbocycles. The molecule has 0 spiro atoms. The fourth-order valence-corrected chi connectivity index (χ4v) is 2.72. The zero-order valence-corrected chi connectivity index (χ0v) is 12.7. The number of nitrogens with zero attached hydrogens (tertiary/aromatic N) is 2. The van der Waals surface area contributed by atoms with E-state index in [0.717, 1.165) is 18.4 Å². The average molecular weight is 286 g/mol. The van der Waals surface area contributed by atoms with E-state index < -0.39 is 0 Å². The number of hydrogen-bond donors (Lipinski definition) is 0. The second-order valence-electron chi connectivity index (χ2n) is 5.95. The monoisotopic (exact) mass is 286 g/mol. The summed E-state index contributed by atoms with van der Waals surface area (Å²) in [7, 11) is 0. The summed E-state index contributed by atoms with van der Waals surface area (Å²) in [5.41, 5.74) is 0.687. The fraction of sp³-hybridized carbons (Fsp3) is 0.529. The molecule has 0 N–H and O–H groups in total. The number of benzene rings is 1. The number of nitriles is 1. The summed E-state index contributed by atoms with van der Waals surface area (Å²) in [6.07, 6.45) is 1.16. The van der Waals surface area contributed by atoms with Crippen molar-refractivity contribution in [3.63, 3.8) is 0 Å². The van der Waals surface area contributed by atoms with Crippen molar-refractivity contribution in [2.24, 2.45) is 11.3 Å². The molecule has 4 nitrogen and oxygen atoms in total. The Kier molecular flexibility index (Phi) is 4.85. The number of rotatable bonds is 3. The van der Waals surface area contributed by atoms with Gasteiger partial charge in [0.2, 0.25) is 0 Å². The Bertz CT molecular complexity index is 511. The first-order chi connectivity index (χ1) is 10.1. The third kappa shape index (κ3) is 3.55. The van der Waals surface area contributed by atoms with Crippen LogP contribution in [-0.4, -0.2) is 24.1 Å². The van der Waals surface area contributed by atoms with E-state index >= 15 is 0 Å². The molecule has 0 atom stereocenters. The molecule has 2 rings (SSSR count). The van der Waals surface area contributed by atoms with Crippen LogP contribution in [-0.2, 0) is 11.3 Å². The number of piperidine rings is 1. The SMILES string of the molecule is CC(C)C1(C#N)CCN(C(=O)OCc2ccccc2)CC1. The van der Waals surface area contributed by atoms with E-state index in [0.29, 0.717) is 25.6 Å². The lowest BCUT2D eigenvalue weighted by Gasteiger charge is -2.39. The number of hydrogen-bond acceptors (Lipinski definition) is 3. The minimum atomic E-state index is -0.295. The Morgan fingerprint density at radius 1 is 1.33 bits per heavy atom. The second kappa shape index (κ2) is 6.62. The molecule has 1 aromatic rings. The maximum Gasteiger partial charge on any atom is 0.410 e. The highest BCUT2D eigenvalue weighted by molar-refractivity contribution is 5.67. The van der Waals surface area contributed by atoms with Gasteiger partial charge in [0.15, 0.2) is 0 Å². The summed E-state index contributed by atoms with van der Waals surface area (Å²) in [5.74, 6) is 0.310. The molecular formula is C17H22N2O2. The van der Waals surface area contributed by atoms with Gasteiger partial charge < -0.3 is 9.64 Å². The summed E-state index contributed by atoms with van der Waals surface area (Å²) in [5, 5.41) is 9.40. The predicted octanol–water partition coefficient (Wildman–Crippen LogP) is 3.58. The number of ether oxygens (including phenoxy) is 1.